The summed E-state index contributed by atoms with van der Waals surface area (Å²) < 4.78 is 6.78. The van der Waals surface area contributed by atoms with Crippen LogP contribution >= 0.6 is 0 Å². The molecule has 42 heavy (non-hydrogen) atoms. The number of anilines is 2. The van der Waals surface area contributed by atoms with Crippen molar-refractivity contribution in [3.8, 4) is 33.4 Å². The van der Waals surface area contributed by atoms with Gasteiger partial charge in [-0.25, -0.2) is 0 Å². The van der Waals surface area contributed by atoms with Gasteiger partial charge in [0.25, 0.3) is 0 Å². The molecule has 0 spiro atoms. The van der Waals surface area contributed by atoms with E-state index in [9.17, 15) is 0 Å². The van der Waals surface area contributed by atoms with Crippen molar-refractivity contribution >= 4 is 44.1 Å². The Morgan fingerprint density at radius 2 is 0.881 bits per heavy atom. The zero-order valence-electron chi connectivity index (χ0n) is 22.9. The van der Waals surface area contributed by atoms with Crippen LogP contribution in [-0.4, -0.2) is 0 Å². The third-order valence-corrected chi connectivity index (χ3v) is 8.08. The molecule has 0 saturated heterocycles. The molecule has 0 bridgehead atoms. The average Bonchev–Trinajstić information content (AvgIpc) is 3.45. The van der Waals surface area contributed by atoms with Crippen molar-refractivity contribution in [2.24, 2.45) is 0 Å². The molecular formula is C40H27NO. The van der Waals surface area contributed by atoms with Crippen LogP contribution in [0, 0.1) is 0 Å². The zero-order chi connectivity index (χ0) is 27.9. The first-order valence-electron chi connectivity index (χ1n) is 14.3. The van der Waals surface area contributed by atoms with Gasteiger partial charge < -0.3 is 9.73 Å². The summed E-state index contributed by atoms with van der Waals surface area (Å²) >= 11 is 0. The summed E-state index contributed by atoms with van der Waals surface area (Å²) in [7, 11) is 0. The number of furan rings is 1. The molecule has 0 radical (unpaired) electrons. The highest BCUT2D eigenvalue weighted by atomic mass is 16.3. The van der Waals surface area contributed by atoms with E-state index in [1.165, 1.54) is 27.6 Å². The van der Waals surface area contributed by atoms with E-state index in [1.807, 2.05) is 12.1 Å². The Balaban J connectivity index is 1.28. The van der Waals surface area contributed by atoms with Crippen LogP contribution < -0.4 is 5.32 Å². The van der Waals surface area contributed by atoms with Gasteiger partial charge in [-0.05, 0) is 63.5 Å². The van der Waals surface area contributed by atoms with Crippen molar-refractivity contribution in [1.82, 2.24) is 0 Å². The lowest BCUT2D eigenvalue weighted by atomic mass is 9.97. The molecule has 0 aliphatic rings. The summed E-state index contributed by atoms with van der Waals surface area (Å²) in [5, 5.41) is 8.26. The van der Waals surface area contributed by atoms with E-state index in [4.69, 9.17) is 4.42 Å². The minimum Gasteiger partial charge on any atom is -0.455 e. The van der Waals surface area contributed by atoms with Crippen LogP contribution in [-0.2, 0) is 0 Å². The van der Waals surface area contributed by atoms with Gasteiger partial charge in [-0.1, -0.05) is 127 Å². The SMILES string of the molecule is c1ccc(-c2ccc(Nc3ccc4c(oc5c6ccccc6ccc45)c3-c3ccc(-c4ccccc4)cc3)cc2)cc1. The molecular weight excluding hydrogens is 510 g/mol. The molecule has 0 aliphatic carbocycles. The summed E-state index contributed by atoms with van der Waals surface area (Å²) in [5.74, 6) is 0. The molecule has 2 heteroatoms. The monoisotopic (exact) mass is 537 g/mol. The molecule has 0 fully saturated rings. The largest absolute Gasteiger partial charge is 0.455 e. The molecule has 7 aromatic carbocycles. The Hall–Kier alpha value is -5.60. The number of hydrogen-bond acceptors (Lipinski definition) is 2. The molecule has 0 aliphatic heterocycles. The van der Waals surface area contributed by atoms with Gasteiger partial charge in [0, 0.05) is 27.4 Å². The molecule has 1 N–H and O–H groups in total. The molecule has 8 rings (SSSR count). The minimum atomic E-state index is 0.889. The van der Waals surface area contributed by atoms with Crippen molar-refractivity contribution in [1.29, 1.82) is 0 Å². The zero-order valence-corrected chi connectivity index (χ0v) is 22.9. The van der Waals surface area contributed by atoms with Gasteiger partial charge in [0.05, 0.1) is 5.69 Å². The van der Waals surface area contributed by atoms with Crippen molar-refractivity contribution in [3.63, 3.8) is 0 Å². The molecule has 0 atom stereocenters. The quantitative estimate of drug-likeness (QED) is 0.236. The van der Waals surface area contributed by atoms with Gasteiger partial charge in [-0.2, -0.15) is 0 Å². The average molecular weight is 538 g/mol. The summed E-state index contributed by atoms with van der Waals surface area (Å²) in [6.07, 6.45) is 0. The van der Waals surface area contributed by atoms with Crippen molar-refractivity contribution in [2.75, 3.05) is 5.32 Å². The van der Waals surface area contributed by atoms with Crippen LogP contribution in [0.5, 0.6) is 0 Å². The van der Waals surface area contributed by atoms with Gasteiger partial charge >= 0.3 is 0 Å². The Morgan fingerprint density at radius 3 is 1.57 bits per heavy atom. The number of rotatable bonds is 5. The van der Waals surface area contributed by atoms with E-state index < -0.39 is 0 Å². The summed E-state index contributed by atoms with van der Waals surface area (Å²) in [5.41, 5.74) is 10.8. The summed E-state index contributed by atoms with van der Waals surface area (Å²) in [6, 6.07) is 55.5. The van der Waals surface area contributed by atoms with Gasteiger partial charge in [0.1, 0.15) is 11.2 Å². The first-order valence-corrected chi connectivity index (χ1v) is 14.3. The molecule has 198 valence electrons. The van der Waals surface area contributed by atoms with Crippen LogP contribution in [0.2, 0.25) is 0 Å². The fourth-order valence-electron chi connectivity index (χ4n) is 5.95. The second-order valence-electron chi connectivity index (χ2n) is 10.6. The van der Waals surface area contributed by atoms with Crippen molar-refractivity contribution in [3.05, 3.63) is 158 Å². The standard InChI is InChI=1S/C40H27NO/c1-3-9-27(10-4-1)29-15-17-32(18-16-29)38-37(41-33-22-19-30(20-23-33)28-11-5-2-6-12-28)26-25-36-35-24-21-31-13-7-8-14-34(31)39(35)42-40(36)38/h1-26,41H. The minimum absolute atomic E-state index is 0.889. The third-order valence-electron chi connectivity index (χ3n) is 8.08. The van der Waals surface area contributed by atoms with Gasteiger partial charge in [-0.3, -0.25) is 0 Å². The topological polar surface area (TPSA) is 25.2 Å². The fourth-order valence-corrected chi connectivity index (χ4v) is 5.95. The number of benzene rings is 7. The molecule has 1 heterocycles. The van der Waals surface area contributed by atoms with E-state index in [-0.39, 0.29) is 0 Å². The van der Waals surface area contributed by atoms with Crippen LogP contribution in [0.1, 0.15) is 0 Å². The van der Waals surface area contributed by atoms with Crippen molar-refractivity contribution < 1.29 is 4.42 Å². The first-order chi connectivity index (χ1) is 20.8. The Labute approximate surface area is 244 Å². The van der Waals surface area contributed by atoms with Gasteiger partial charge in [0.2, 0.25) is 0 Å². The van der Waals surface area contributed by atoms with Gasteiger partial charge in [0.15, 0.2) is 0 Å². The third kappa shape index (κ3) is 4.22. The van der Waals surface area contributed by atoms with E-state index in [0.29, 0.717) is 0 Å². The lowest BCUT2D eigenvalue weighted by Gasteiger charge is -2.14. The highest BCUT2D eigenvalue weighted by Gasteiger charge is 2.18. The molecule has 0 amide bonds. The van der Waals surface area contributed by atoms with Crippen LogP contribution in [0.3, 0.4) is 0 Å². The van der Waals surface area contributed by atoms with E-state index in [1.54, 1.807) is 0 Å². The number of fused-ring (bicyclic) bond motifs is 5. The highest BCUT2D eigenvalue weighted by molar-refractivity contribution is 6.18. The second-order valence-corrected chi connectivity index (χ2v) is 10.6. The molecule has 0 saturated carbocycles. The second kappa shape index (κ2) is 10.1. The van der Waals surface area contributed by atoms with E-state index in [0.717, 1.165) is 49.8 Å². The van der Waals surface area contributed by atoms with Crippen LogP contribution in [0.15, 0.2) is 162 Å². The maximum Gasteiger partial charge on any atom is 0.145 e. The van der Waals surface area contributed by atoms with E-state index >= 15 is 0 Å². The Kier molecular flexibility index (Phi) is 5.82. The maximum absolute atomic E-state index is 6.78. The predicted octanol–water partition coefficient (Wildman–Crippen LogP) is 11.5. The normalized spacial score (nSPS) is 11.3. The molecule has 8 aromatic rings. The van der Waals surface area contributed by atoms with Crippen LogP contribution in [0.25, 0.3) is 66.1 Å². The molecule has 0 unspecified atom stereocenters. The lowest BCUT2D eigenvalue weighted by molar-refractivity contribution is 0.674. The first kappa shape index (κ1) is 24.2. The summed E-state index contributed by atoms with van der Waals surface area (Å²) in [6.45, 7) is 0. The molecule has 1 aromatic heterocycles. The van der Waals surface area contributed by atoms with Crippen LogP contribution in [0.4, 0.5) is 11.4 Å². The van der Waals surface area contributed by atoms with Gasteiger partial charge in [-0.15, -0.1) is 0 Å². The van der Waals surface area contributed by atoms with E-state index in [2.05, 4.69) is 151 Å². The summed E-state index contributed by atoms with van der Waals surface area (Å²) in [4.78, 5) is 0. The van der Waals surface area contributed by atoms with Crippen molar-refractivity contribution in [2.45, 2.75) is 0 Å². The fraction of sp³-hybridized carbons (Fsp3) is 0. The predicted molar refractivity (Wildman–Crippen MR) is 177 cm³/mol. The Bertz CT molecular complexity index is 2180. The molecule has 2 nitrogen and oxygen atoms in total. The smallest absolute Gasteiger partial charge is 0.145 e. The Morgan fingerprint density at radius 1 is 0.357 bits per heavy atom. The number of hydrogen-bond donors (Lipinski definition) is 1. The highest BCUT2D eigenvalue weighted by Crippen LogP contribution is 2.43. The maximum atomic E-state index is 6.78. The lowest BCUT2D eigenvalue weighted by Crippen LogP contribution is -1.94. The number of nitrogens with one attached hydrogen (secondary N) is 1.